The number of hydrogen-bond acceptors (Lipinski definition) is 4. The van der Waals surface area contributed by atoms with Gasteiger partial charge in [-0.1, -0.05) is 24.3 Å². The molecular formula is C15H14N2O2S. The van der Waals surface area contributed by atoms with Gasteiger partial charge in [-0.3, -0.25) is 9.59 Å². The molecule has 1 heterocycles. The van der Waals surface area contributed by atoms with Crippen LogP contribution in [0.1, 0.15) is 28.5 Å². The number of thiazole rings is 1. The number of Topliss-reactive ketones (excluding diaryl/α,β-unsaturated/α-hetero) is 1. The molecule has 0 bridgehead atoms. The van der Waals surface area contributed by atoms with Gasteiger partial charge < -0.3 is 5.32 Å². The van der Waals surface area contributed by atoms with Crippen molar-refractivity contribution in [3.63, 3.8) is 0 Å². The summed E-state index contributed by atoms with van der Waals surface area (Å²) in [6, 6.07) is 8.14. The number of ketones is 1. The fourth-order valence-electron chi connectivity index (χ4n) is 2.44. The number of carbonyl (C=O) groups is 2. The summed E-state index contributed by atoms with van der Waals surface area (Å²) in [5.41, 5.74) is 2.90. The number of hydrogen-bond donors (Lipinski definition) is 1. The molecule has 20 heavy (non-hydrogen) atoms. The van der Waals surface area contributed by atoms with Crippen LogP contribution in [0.15, 0.2) is 29.6 Å². The molecule has 1 N–H and O–H groups in total. The molecule has 5 heteroatoms. The Morgan fingerprint density at radius 3 is 2.45 bits per heavy atom. The molecular weight excluding hydrogens is 272 g/mol. The molecule has 0 radical (unpaired) electrons. The van der Waals surface area contributed by atoms with E-state index in [4.69, 9.17) is 0 Å². The van der Waals surface area contributed by atoms with Crippen LogP contribution in [0.4, 0.5) is 5.13 Å². The van der Waals surface area contributed by atoms with E-state index in [1.54, 1.807) is 5.38 Å². The van der Waals surface area contributed by atoms with Gasteiger partial charge in [0.1, 0.15) is 5.69 Å². The number of nitrogens with zero attached hydrogens (tertiary/aromatic N) is 1. The summed E-state index contributed by atoms with van der Waals surface area (Å²) in [6.07, 6.45) is 1.54. The minimum absolute atomic E-state index is 0.0225. The monoisotopic (exact) mass is 286 g/mol. The zero-order valence-electron chi connectivity index (χ0n) is 11.1. The third-order valence-electron chi connectivity index (χ3n) is 3.52. The highest BCUT2D eigenvalue weighted by molar-refractivity contribution is 7.14. The van der Waals surface area contributed by atoms with Crippen LogP contribution in [-0.4, -0.2) is 16.7 Å². The molecule has 0 atom stereocenters. The Labute approximate surface area is 120 Å². The molecule has 0 unspecified atom stereocenters. The third-order valence-corrected chi connectivity index (χ3v) is 4.27. The lowest BCUT2D eigenvalue weighted by atomic mass is 10.1. The van der Waals surface area contributed by atoms with Crippen LogP contribution in [-0.2, 0) is 17.6 Å². The smallest absolute Gasteiger partial charge is 0.229 e. The van der Waals surface area contributed by atoms with Gasteiger partial charge in [0.15, 0.2) is 10.9 Å². The van der Waals surface area contributed by atoms with E-state index >= 15 is 0 Å². The van der Waals surface area contributed by atoms with E-state index in [0.717, 1.165) is 12.8 Å². The molecule has 102 valence electrons. The summed E-state index contributed by atoms with van der Waals surface area (Å²) >= 11 is 1.28. The Morgan fingerprint density at radius 2 is 1.90 bits per heavy atom. The van der Waals surface area contributed by atoms with E-state index < -0.39 is 0 Å². The lowest BCUT2D eigenvalue weighted by molar-refractivity contribution is -0.119. The van der Waals surface area contributed by atoms with Crippen molar-refractivity contribution < 1.29 is 9.59 Å². The van der Waals surface area contributed by atoms with Gasteiger partial charge in [0.2, 0.25) is 5.91 Å². The SMILES string of the molecule is CC(=O)c1csc(NC(=O)C2Cc3ccccc3C2)n1. The predicted molar refractivity (Wildman–Crippen MR) is 78.1 cm³/mol. The molecule has 4 nitrogen and oxygen atoms in total. The molecule has 1 amide bonds. The maximum absolute atomic E-state index is 12.2. The maximum Gasteiger partial charge on any atom is 0.229 e. The lowest BCUT2D eigenvalue weighted by Crippen LogP contribution is -2.23. The van der Waals surface area contributed by atoms with Crippen molar-refractivity contribution in [2.24, 2.45) is 5.92 Å². The van der Waals surface area contributed by atoms with Crippen molar-refractivity contribution in [1.82, 2.24) is 4.98 Å². The van der Waals surface area contributed by atoms with Gasteiger partial charge >= 0.3 is 0 Å². The summed E-state index contributed by atoms with van der Waals surface area (Å²) < 4.78 is 0. The fourth-order valence-corrected chi connectivity index (χ4v) is 3.20. The second-order valence-corrected chi connectivity index (χ2v) is 5.82. The molecule has 1 aromatic heterocycles. The maximum atomic E-state index is 12.2. The van der Waals surface area contributed by atoms with Crippen molar-refractivity contribution in [2.75, 3.05) is 5.32 Å². The van der Waals surface area contributed by atoms with Crippen LogP contribution in [0.25, 0.3) is 0 Å². The molecule has 0 saturated heterocycles. The van der Waals surface area contributed by atoms with Crippen LogP contribution >= 0.6 is 11.3 Å². The van der Waals surface area contributed by atoms with Crippen molar-refractivity contribution in [1.29, 1.82) is 0 Å². The van der Waals surface area contributed by atoms with Gasteiger partial charge in [-0.2, -0.15) is 0 Å². The summed E-state index contributed by atoms with van der Waals surface area (Å²) in [5.74, 6) is -0.155. The van der Waals surface area contributed by atoms with Gasteiger partial charge in [0.25, 0.3) is 0 Å². The molecule has 1 aliphatic rings. The second kappa shape index (κ2) is 5.17. The van der Waals surface area contributed by atoms with Crippen molar-refractivity contribution in [3.8, 4) is 0 Å². The van der Waals surface area contributed by atoms with Gasteiger partial charge in [-0.25, -0.2) is 4.98 Å². The number of amides is 1. The van der Waals surface area contributed by atoms with Gasteiger partial charge in [-0.15, -0.1) is 11.3 Å². The molecule has 3 rings (SSSR count). The normalized spacial score (nSPS) is 14.1. The van der Waals surface area contributed by atoms with Crippen LogP contribution < -0.4 is 5.32 Å². The Kier molecular flexibility index (Phi) is 3.36. The minimum atomic E-state index is -0.0879. The number of rotatable bonds is 3. The number of benzene rings is 1. The Morgan fingerprint density at radius 1 is 1.25 bits per heavy atom. The minimum Gasteiger partial charge on any atom is -0.302 e. The topological polar surface area (TPSA) is 59.1 Å². The van der Waals surface area contributed by atoms with Crippen molar-refractivity contribution in [3.05, 3.63) is 46.5 Å². The molecule has 1 aromatic carbocycles. The number of nitrogens with one attached hydrogen (secondary N) is 1. The molecule has 0 aliphatic heterocycles. The first-order chi connectivity index (χ1) is 9.63. The first kappa shape index (κ1) is 13.0. The lowest BCUT2D eigenvalue weighted by Gasteiger charge is -2.07. The largest absolute Gasteiger partial charge is 0.302 e. The summed E-state index contributed by atoms with van der Waals surface area (Å²) in [6.45, 7) is 1.47. The highest BCUT2D eigenvalue weighted by Gasteiger charge is 2.27. The summed E-state index contributed by atoms with van der Waals surface area (Å²) in [7, 11) is 0. The van der Waals surface area contributed by atoms with Gasteiger partial charge in [0, 0.05) is 18.2 Å². The van der Waals surface area contributed by atoms with Crippen molar-refractivity contribution >= 4 is 28.2 Å². The van der Waals surface area contributed by atoms with Crippen LogP contribution in [0, 0.1) is 5.92 Å². The average Bonchev–Trinajstić information content (AvgIpc) is 3.04. The zero-order chi connectivity index (χ0) is 14.1. The third kappa shape index (κ3) is 2.49. The van der Waals surface area contributed by atoms with Crippen LogP contribution in [0.3, 0.4) is 0 Å². The first-order valence-electron chi connectivity index (χ1n) is 6.47. The Bertz CT molecular complexity index is 653. The van der Waals surface area contributed by atoms with E-state index in [0.29, 0.717) is 10.8 Å². The summed E-state index contributed by atoms with van der Waals surface area (Å²) in [5, 5.41) is 4.97. The number of carbonyl (C=O) groups excluding carboxylic acids is 2. The highest BCUT2D eigenvalue weighted by atomic mass is 32.1. The number of aromatic nitrogens is 1. The van der Waals surface area contributed by atoms with Gasteiger partial charge in [0.05, 0.1) is 0 Å². The zero-order valence-corrected chi connectivity index (χ0v) is 11.9. The standard InChI is InChI=1S/C15H14N2O2S/c1-9(18)13-8-20-15(16-13)17-14(19)12-6-10-4-2-3-5-11(10)7-12/h2-5,8,12H,6-7H2,1H3,(H,16,17,19). The summed E-state index contributed by atoms with van der Waals surface area (Å²) in [4.78, 5) is 27.5. The quantitative estimate of drug-likeness (QED) is 0.883. The van der Waals surface area contributed by atoms with E-state index in [9.17, 15) is 9.59 Å². The molecule has 2 aromatic rings. The Balaban J connectivity index is 1.67. The molecule has 1 aliphatic carbocycles. The second-order valence-electron chi connectivity index (χ2n) is 4.96. The van der Waals surface area contributed by atoms with E-state index in [1.807, 2.05) is 12.1 Å². The van der Waals surface area contributed by atoms with Crippen LogP contribution in [0.2, 0.25) is 0 Å². The predicted octanol–water partition coefficient (Wildman–Crippen LogP) is 2.70. The van der Waals surface area contributed by atoms with Gasteiger partial charge in [-0.05, 0) is 24.0 Å². The number of fused-ring (bicyclic) bond motifs is 1. The van der Waals surface area contributed by atoms with Crippen molar-refractivity contribution in [2.45, 2.75) is 19.8 Å². The number of anilines is 1. The average molecular weight is 286 g/mol. The molecule has 0 saturated carbocycles. The highest BCUT2D eigenvalue weighted by Crippen LogP contribution is 2.27. The molecule has 0 fully saturated rings. The fraction of sp³-hybridized carbons (Fsp3) is 0.267. The van der Waals surface area contributed by atoms with Crippen LogP contribution in [0.5, 0.6) is 0 Å². The van der Waals surface area contributed by atoms with E-state index in [1.165, 1.54) is 29.4 Å². The Hall–Kier alpha value is -2.01. The first-order valence-corrected chi connectivity index (χ1v) is 7.35. The van der Waals surface area contributed by atoms with E-state index in [-0.39, 0.29) is 17.6 Å². The van der Waals surface area contributed by atoms with E-state index in [2.05, 4.69) is 22.4 Å². The molecule has 0 spiro atoms.